The third-order valence-electron chi connectivity index (χ3n) is 3.63. The van der Waals surface area contributed by atoms with Gasteiger partial charge >= 0.3 is 0 Å². The van der Waals surface area contributed by atoms with E-state index in [4.69, 9.17) is 9.72 Å². The molecule has 2 heterocycles. The molecule has 0 spiro atoms. The lowest BCUT2D eigenvalue weighted by Crippen LogP contribution is -2.18. The van der Waals surface area contributed by atoms with Gasteiger partial charge in [0.25, 0.3) is 0 Å². The van der Waals surface area contributed by atoms with Crippen LogP contribution in [-0.2, 0) is 13.1 Å². The van der Waals surface area contributed by atoms with Crippen LogP contribution in [0.4, 0.5) is 0 Å². The van der Waals surface area contributed by atoms with Gasteiger partial charge < -0.3 is 4.74 Å². The number of rotatable bonds is 6. The van der Waals surface area contributed by atoms with Crippen molar-refractivity contribution in [3.8, 4) is 16.3 Å². The first-order chi connectivity index (χ1) is 11.2. The summed E-state index contributed by atoms with van der Waals surface area (Å²) in [6.07, 6.45) is 0. The van der Waals surface area contributed by atoms with Crippen LogP contribution >= 0.6 is 22.7 Å². The van der Waals surface area contributed by atoms with Gasteiger partial charge in [-0.1, -0.05) is 17.7 Å². The molecule has 0 atom stereocenters. The van der Waals surface area contributed by atoms with E-state index in [1.54, 1.807) is 29.8 Å². The number of aryl methyl sites for hydroxylation is 1. The Labute approximate surface area is 145 Å². The minimum absolute atomic E-state index is 0.831. The molecule has 0 aliphatic carbocycles. The maximum atomic E-state index is 5.47. The molecule has 0 saturated heterocycles. The molecule has 0 fully saturated rings. The highest BCUT2D eigenvalue weighted by molar-refractivity contribution is 7.14. The third-order valence-corrected chi connectivity index (χ3v) is 5.25. The average molecular weight is 345 g/mol. The Kier molecular flexibility index (Phi) is 5.10. The molecule has 2 aromatic heterocycles. The first-order valence-corrected chi connectivity index (χ1v) is 9.27. The number of hydrogen-bond acceptors (Lipinski definition) is 5. The number of methoxy groups -OCH3 is 1. The van der Waals surface area contributed by atoms with Crippen LogP contribution in [0.5, 0.6) is 5.75 Å². The number of benzene rings is 1. The minimum Gasteiger partial charge on any atom is -0.496 e. The monoisotopic (exact) mass is 344 g/mol. The highest BCUT2D eigenvalue weighted by Crippen LogP contribution is 2.26. The van der Waals surface area contributed by atoms with E-state index >= 15 is 0 Å². The molecular weight excluding hydrogens is 324 g/mol. The summed E-state index contributed by atoms with van der Waals surface area (Å²) >= 11 is 3.42. The van der Waals surface area contributed by atoms with E-state index < -0.39 is 0 Å². The minimum atomic E-state index is 0.831. The zero-order valence-corrected chi connectivity index (χ0v) is 15.2. The average Bonchev–Trinajstić information content (AvgIpc) is 3.18. The van der Waals surface area contributed by atoms with Gasteiger partial charge in [-0.2, -0.15) is 11.3 Å². The van der Waals surface area contributed by atoms with E-state index in [9.17, 15) is 0 Å². The smallest absolute Gasteiger partial charge is 0.124 e. The summed E-state index contributed by atoms with van der Waals surface area (Å²) < 4.78 is 5.47. The zero-order valence-electron chi connectivity index (χ0n) is 13.6. The van der Waals surface area contributed by atoms with Crippen molar-refractivity contribution in [1.82, 2.24) is 9.88 Å². The van der Waals surface area contributed by atoms with E-state index in [-0.39, 0.29) is 0 Å². The second-order valence-corrected chi connectivity index (χ2v) is 7.28. The normalized spacial score (nSPS) is 11.1. The molecule has 1 aromatic carbocycles. The number of thiophene rings is 1. The van der Waals surface area contributed by atoms with Gasteiger partial charge in [0.05, 0.1) is 12.8 Å². The van der Waals surface area contributed by atoms with E-state index in [1.807, 2.05) is 6.07 Å². The summed E-state index contributed by atoms with van der Waals surface area (Å²) in [7, 11) is 3.84. The quantitative estimate of drug-likeness (QED) is 0.641. The fourth-order valence-electron chi connectivity index (χ4n) is 2.55. The van der Waals surface area contributed by atoms with Gasteiger partial charge in [-0.25, -0.2) is 4.98 Å². The molecule has 3 rings (SSSR count). The standard InChI is InChI=1S/C18H20N2OS2/c1-13-4-5-17(21-3)15(8-13)9-20(2)10-16-12-23-18(19-16)14-6-7-22-11-14/h4-8,11-12H,9-10H2,1-3H3. The molecule has 23 heavy (non-hydrogen) atoms. The van der Waals surface area contributed by atoms with E-state index in [2.05, 4.69) is 53.2 Å². The lowest BCUT2D eigenvalue weighted by Gasteiger charge is -2.17. The first-order valence-electron chi connectivity index (χ1n) is 7.44. The number of aromatic nitrogens is 1. The molecule has 0 aliphatic heterocycles. The molecule has 120 valence electrons. The summed E-state index contributed by atoms with van der Waals surface area (Å²) in [5.41, 5.74) is 4.80. The molecular formula is C18H20N2OS2. The molecule has 0 N–H and O–H groups in total. The molecule has 5 heteroatoms. The second kappa shape index (κ2) is 7.25. The highest BCUT2D eigenvalue weighted by Gasteiger charge is 2.10. The number of nitrogens with zero attached hydrogens (tertiary/aromatic N) is 2. The Morgan fingerprint density at radius 3 is 2.78 bits per heavy atom. The Morgan fingerprint density at radius 2 is 2.04 bits per heavy atom. The summed E-state index contributed by atoms with van der Waals surface area (Å²) in [6, 6.07) is 8.42. The van der Waals surface area contributed by atoms with Gasteiger partial charge in [0.15, 0.2) is 0 Å². The highest BCUT2D eigenvalue weighted by atomic mass is 32.1. The Hall–Kier alpha value is -1.69. The second-order valence-electron chi connectivity index (χ2n) is 5.64. The number of hydrogen-bond donors (Lipinski definition) is 0. The van der Waals surface area contributed by atoms with Crippen molar-refractivity contribution in [2.24, 2.45) is 0 Å². The predicted octanol–water partition coefficient (Wildman–Crippen LogP) is 4.82. The SMILES string of the molecule is COc1ccc(C)cc1CN(C)Cc1csc(-c2ccsc2)n1. The van der Waals surface area contributed by atoms with Gasteiger partial charge in [-0.05, 0) is 31.5 Å². The van der Waals surface area contributed by atoms with Crippen LogP contribution in [0.1, 0.15) is 16.8 Å². The van der Waals surface area contributed by atoms with Crippen LogP contribution in [0, 0.1) is 6.92 Å². The molecule has 0 aliphatic rings. The molecule has 3 aromatic rings. The number of ether oxygens (including phenoxy) is 1. The zero-order chi connectivity index (χ0) is 16.2. The molecule has 3 nitrogen and oxygen atoms in total. The van der Waals surface area contributed by atoms with Gasteiger partial charge in [-0.3, -0.25) is 4.90 Å². The van der Waals surface area contributed by atoms with E-state index in [0.29, 0.717) is 0 Å². The molecule has 0 saturated carbocycles. The Balaban J connectivity index is 1.68. The van der Waals surface area contributed by atoms with Crippen molar-refractivity contribution in [2.75, 3.05) is 14.2 Å². The third kappa shape index (κ3) is 3.99. The molecule has 0 unspecified atom stereocenters. The van der Waals surface area contributed by atoms with Gasteiger partial charge in [0, 0.05) is 35.0 Å². The summed E-state index contributed by atoms with van der Waals surface area (Å²) in [5.74, 6) is 0.944. The van der Waals surface area contributed by atoms with Crippen LogP contribution in [0.2, 0.25) is 0 Å². The summed E-state index contributed by atoms with van der Waals surface area (Å²) in [4.78, 5) is 7.01. The van der Waals surface area contributed by atoms with Crippen LogP contribution in [-0.4, -0.2) is 24.0 Å². The maximum Gasteiger partial charge on any atom is 0.124 e. The lowest BCUT2D eigenvalue weighted by molar-refractivity contribution is 0.307. The van der Waals surface area contributed by atoms with Crippen molar-refractivity contribution in [2.45, 2.75) is 20.0 Å². The van der Waals surface area contributed by atoms with Gasteiger partial charge in [0.2, 0.25) is 0 Å². The van der Waals surface area contributed by atoms with Crippen LogP contribution in [0.3, 0.4) is 0 Å². The lowest BCUT2D eigenvalue weighted by atomic mass is 10.1. The van der Waals surface area contributed by atoms with Crippen molar-refractivity contribution < 1.29 is 4.74 Å². The molecule has 0 radical (unpaired) electrons. The number of thiazole rings is 1. The van der Waals surface area contributed by atoms with E-state index in [0.717, 1.165) is 29.5 Å². The fraction of sp³-hybridized carbons (Fsp3) is 0.278. The van der Waals surface area contributed by atoms with Gasteiger partial charge in [0.1, 0.15) is 10.8 Å². The van der Waals surface area contributed by atoms with Crippen LogP contribution in [0.15, 0.2) is 40.4 Å². The largest absolute Gasteiger partial charge is 0.496 e. The summed E-state index contributed by atoms with van der Waals surface area (Å²) in [5, 5.41) is 7.48. The van der Waals surface area contributed by atoms with Crippen molar-refractivity contribution >= 4 is 22.7 Å². The van der Waals surface area contributed by atoms with Crippen molar-refractivity contribution in [1.29, 1.82) is 0 Å². The molecule has 0 bridgehead atoms. The van der Waals surface area contributed by atoms with Crippen molar-refractivity contribution in [3.05, 3.63) is 57.2 Å². The van der Waals surface area contributed by atoms with Crippen molar-refractivity contribution in [3.63, 3.8) is 0 Å². The Morgan fingerprint density at radius 1 is 1.17 bits per heavy atom. The van der Waals surface area contributed by atoms with Crippen LogP contribution < -0.4 is 4.74 Å². The first kappa shape index (κ1) is 16.2. The summed E-state index contributed by atoms with van der Waals surface area (Å²) in [6.45, 7) is 3.78. The van der Waals surface area contributed by atoms with Gasteiger partial charge in [-0.15, -0.1) is 11.3 Å². The fourth-order valence-corrected chi connectivity index (χ4v) is 4.08. The Bertz CT molecular complexity index is 765. The predicted molar refractivity (Wildman–Crippen MR) is 98.3 cm³/mol. The topological polar surface area (TPSA) is 25.4 Å². The van der Waals surface area contributed by atoms with E-state index in [1.165, 1.54) is 16.7 Å². The maximum absolute atomic E-state index is 5.47. The molecule has 0 amide bonds. The van der Waals surface area contributed by atoms with Crippen LogP contribution in [0.25, 0.3) is 10.6 Å².